The molecule has 6 heteroatoms. The lowest BCUT2D eigenvalue weighted by atomic mass is 10.0. The molecule has 148 valence electrons. The Labute approximate surface area is 165 Å². The van der Waals surface area contributed by atoms with Gasteiger partial charge in [-0.15, -0.1) is 0 Å². The number of carbonyl (C=O) groups excluding carboxylic acids is 2. The van der Waals surface area contributed by atoms with Gasteiger partial charge in [-0.2, -0.15) is 0 Å². The van der Waals surface area contributed by atoms with E-state index >= 15 is 0 Å². The van der Waals surface area contributed by atoms with Crippen LogP contribution in [0.25, 0.3) is 0 Å². The SMILES string of the molecule is CCCNC(=O)c1cccc(C(=O)NC(CCC(=O)O)Cc2ccccc2)c1. The van der Waals surface area contributed by atoms with Crippen molar-refractivity contribution in [3.05, 3.63) is 71.3 Å². The molecule has 0 bridgehead atoms. The van der Waals surface area contributed by atoms with Gasteiger partial charge in [-0.1, -0.05) is 43.3 Å². The minimum atomic E-state index is -0.901. The van der Waals surface area contributed by atoms with Gasteiger partial charge in [0.1, 0.15) is 0 Å². The fourth-order valence-corrected chi connectivity index (χ4v) is 2.83. The second-order valence-electron chi connectivity index (χ2n) is 6.63. The van der Waals surface area contributed by atoms with Crippen LogP contribution in [0.2, 0.25) is 0 Å². The van der Waals surface area contributed by atoms with Gasteiger partial charge in [-0.25, -0.2) is 0 Å². The minimum absolute atomic E-state index is 0.0305. The predicted molar refractivity (Wildman–Crippen MR) is 107 cm³/mol. The first-order valence-corrected chi connectivity index (χ1v) is 9.44. The molecule has 6 nitrogen and oxygen atoms in total. The summed E-state index contributed by atoms with van der Waals surface area (Å²) in [5, 5.41) is 14.7. The molecule has 1 atom stereocenters. The zero-order valence-corrected chi connectivity index (χ0v) is 16.0. The second kappa shape index (κ2) is 10.9. The van der Waals surface area contributed by atoms with Crippen molar-refractivity contribution in [1.82, 2.24) is 10.6 Å². The number of aliphatic carboxylic acids is 1. The summed E-state index contributed by atoms with van der Waals surface area (Å²) in [4.78, 5) is 35.8. The first kappa shape index (κ1) is 21.2. The molecule has 0 spiro atoms. The van der Waals surface area contributed by atoms with Gasteiger partial charge in [-0.3, -0.25) is 14.4 Å². The van der Waals surface area contributed by atoms with Gasteiger partial charge in [0.05, 0.1) is 0 Å². The number of nitrogens with one attached hydrogen (secondary N) is 2. The zero-order chi connectivity index (χ0) is 20.4. The molecule has 0 saturated heterocycles. The zero-order valence-electron chi connectivity index (χ0n) is 16.0. The lowest BCUT2D eigenvalue weighted by molar-refractivity contribution is -0.137. The van der Waals surface area contributed by atoms with E-state index in [1.165, 1.54) is 0 Å². The summed E-state index contributed by atoms with van der Waals surface area (Å²) in [6.07, 6.45) is 1.66. The quantitative estimate of drug-likeness (QED) is 0.589. The maximum absolute atomic E-state index is 12.7. The monoisotopic (exact) mass is 382 g/mol. The molecule has 3 N–H and O–H groups in total. The van der Waals surface area contributed by atoms with Gasteiger partial charge in [0.25, 0.3) is 11.8 Å². The lowest BCUT2D eigenvalue weighted by Gasteiger charge is -2.18. The Hall–Kier alpha value is -3.15. The van der Waals surface area contributed by atoms with E-state index in [-0.39, 0.29) is 24.3 Å². The third-order valence-corrected chi connectivity index (χ3v) is 4.29. The molecule has 0 aliphatic carbocycles. The van der Waals surface area contributed by atoms with E-state index in [0.717, 1.165) is 12.0 Å². The van der Waals surface area contributed by atoms with Crippen molar-refractivity contribution in [1.29, 1.82) is 0 Å². The number of carboxylic acids is 1. The molecule has 2 rings (SSSR count). The highest BCUT2D eigenvalue weighted by molar-refractivity contribution is 5.99. The van der Waals surface area contributed by atoms with Crippen LogP contribution in [0.4, 0.5) is 0 Å². The van der Waals surface area contributed by atoms with E-state index in [1.807, 2.05) is 37.3 Å². The molecule has 1 unspecified atom stereocenters. The van der Waals surface area contributed by atoms with Gasteiger partial charge in [0, 0.05) is 30.1 Å². The van der Waals surface area contributed by atoms with Gasteiger partial charge < -0.3 is 15.7 Å². The summed E-state index contributed by atoms with van der Waals surface area (Å²) in [5.41, 5.74) is 1.81. The molecule has 0 aliphatic rings. The summed E-state index contributed by atoms with van der Waals surface area (Å²) >= 11 is 0. The Morgan fingerprint density at radius 1 is 0.964 bits per heavy atom. The maximum Gasteiger partial charge on any atom is 0.303 e. The summed E-state index contributed by atoms with van der Waals surface area (Å²) in [7, 11) is 0. The molecule has 0 aliphatic heterocycles. The highest BCUT2D eigenvalue weighted by Crippen LogP contribution is 2.11. The number of carboxylic acid groups (broad SMARTS) is 1. The van der Waals surface area contributed by atoms with Crippen molar-refractivity contribution >= 4 is 17.8 Å². The summed E-state index contributed by atoms with van der Waals surface area (Å²) < 4.78 is 0. The standard InChI is InChI=1S/C22H26N2O4/c1-2-13-23-21(27)17-9-6-10-18(15-17)22(28)24-19(11-12-20(25)26)14-16-7-4-3-5-8-16/h3-10,15,19H,2,11-14H2,1H3,(H,23,27)(H,24,28)(H,25,26). The Balaban J connectivity index is 2.09. The summed E-state index contributed by atoms with van der Waals surface area (Å²) in [5.74, 6) is -1.44. The summed E-state index contributed by atoms with van der Waals surface area (Å²) in [6, 6.07) is 15.8. The average molecular weight is 382 g/mol. The van der Waals surface area contributed by atoms with Crippen LogP contribution in [0.5, 0.6) is 0 Å². The van der Waals surface area contributed by atoms with Crippen molar-refractivity contribution in [2.75, 3.05) is 6.54 Å². The highest BCUT2D eigenvalue weighted by Gasteiger charge is 2.17. The van der Waals surface area contributed by atoms with Crippen molar-refractivity contribution in [2.24, 2.45) is 0 Å². The smallest absolute Gasteiger partial charge is 0.303 e. The molecule has 28 heavy (non-hydrogen) atoms. The van der Waals surface area contributed by atoms with E-state index in [1.54, 1.807) is 24.3 Å². The van der Waals surface area contributed by atoms with Crippen molar-refractivity contribution < 1.29 is 19.5 Å². The number of benzene rings is 2. The largest absolute Gasteiger partial charge is 0.481 e. The average Bonchev–Trinajstić information content (AvgIpc) is 2.71. The number of rotatable bonds is 10. The number of hydrogen-bond acceptors (Lipinski definition) is 3. The number of amides is 2. The normalized spacial score (nSPS) is 11.5. The third kappa shape index (κ3) is 6.87. The van der Waals surface area contributed by atoms with Crippen LogP contribution < -0.4 is 10.6 Å². The molecule has 2 aromatic rings. The van der Waals surface area contributed by atoms with Crippen LogP contribution in [0.3, 0.4) is 0 Å². The van der Waals surface area contributed by atoms with Crippen molar-refractivity contribution in [2.45, 2.75) is 38.6 Å². The van der Waals surface area contributed by atoms with E-state index in [9.17, 15) is 14.4 Å². The van der Waals surface area contributed by atoms with Crippen LogP contribution >= 0.6 is 0 Å². The Kier molecular flexibility index (Phi) is 8.21. The maximum atomic E-state index is 12.7. The third-order valence-electron chi connectivity index (χ3n) is 4.29. The Bertz CT molecular complexity index is 805. The Morgan fingerprint density at radius 3 is 2.29 bits per heavy atom. The second-order valence-corrected chi connectivity index (χ2v) is 6.63. The molecular formula is C22H26N2O4. The van der Waals surface area contributed by atoms with Gasteiger partial charge in [0.15, 0.2) is 0 Å². The first-order valence-electron chi connectivity index (χ1n) is 9.44. The van der Waals surface area contributed by atoms with Crippen LogP contribution in [-0.2, 0) is 11.2 Å². The number of hydrogen-bond donors (Lipinski definition) is 3. The van der Waals surface area contributed by atoms with Crippen LogP contribution in [0.15, 0.2) is 54.6 Å². The molecule has 2 aromatic carbocycles. The highest BCUT2D eigenvalue weighted by atomic mass is 16.4. The topological polar surface area (TPSA) is 95.5 Å². The fraction of sp³-hybridized carbons (Fsp3) is 0.318. The van der Waals surface area contributed by atoms with Crippen molar-refractivity contribution in [3.63, 3.8) is 0 Å². The van der Waals surface area contributed by atoms with E-state index in [2.05, 4.69) is 10.6 Å². The van der Waals surface area contributed by atoms with Crippen LogP contribution in [0.1, 0.15) is 52.5 Å². The Morgan fingerprint density at radius 2 is 1.64 bits per heavy atom. The summed E-state index contributed by atoms with van der Waals surface area (Å²) in [6.45, 7) is 2.54. The molecule has 0 heterocycles. The van der Waals surface area contributed by atoms with Gasteiger partial charge >= 0.3 is 5.97 Å². The molecule has 0 aromatic heterocycles. The fourth-order valence-electron chi connectivity index (χ4n) is 2.83. The van der Waals surface area contributed by atoms with E-state index in [4.69, 9.17) is 5.11 Å². The molecule has 0 radical (unpaired) electrons. The van der Waals surface area contributed by atoms with Crippen LogP contribution in [0, 0.1) is 0 Å². The first-order chi connectivity index (χ1) is 13.5. The van der Waals surface area contributed by atoms with Gasteiger partial charge in [-0.05, 0) is 43.0 Å². The van der Waals surface area contributed by atoms with E-state index in [0.29, 0.717) is 30.5 Å². The molecular weight excluding hydrogens is 356 g/mol. The predicted octanol–water partition coefficient (Wildman–Crippen LogP) is 3.03. The van der Waals surface area contributed by atoms with Crippen molar-refractivity contribution in [3.8, 4) is 0 Å². The molecule has 2 amide bonds. The number of carbonyl (C=O) groups is 3. The lowest BCUT2D eigenvalue weighted by Crippen LogP contribution is -2.37. The van der Waals surface area contributed by atoms with Crippen LogP contribution in [-0.4, -0.2) is 35.5 Å². The molecule has 0 saturated carbocycles. The van der Waals surface area contributed by atoms with E-state index < -0.39 is 5.97 Å². The molecule has 0 fully saturated rings. The minimum Gasteiger partial charge on any atom is -0.481 e. The van der Waals surface area contributed by atoms with Gasteiger partial charge in [0.2, 0.25) is 0 Å².